The van der Waals surface area contributed by atoms with E-state index in [-0.39, 0.29) is 3.92 Å². The van der Waals surface area contributed by atoms with Crippen molar-refractivity contribution >= 4 is 34.1 Å². The zero-order chi connectivity index (χ0) is 12.6. The number of amidine groups is 1. The third kappa shape index (κ3) is 2.64. The van der Waals surface area contributed by atoms with Crippen molar-refractivity contribution in [2.24, 2.45) is 10.8 Å². The first kappa shape index (κ1) is 12.5. The molecule has 0 aromatic heterocycles. The van der Waals surface area contributed by atoms with Crippen LogP contribution in [0.25, 0.3) is 0 Å². The van der Waals surface area contributed by atoms with E-state index in [9.17, 15) is 13.2 Å². The zero-order valence-electron chi connectivity index (χ0n) is 8.58. The summed E-state index contributed by atoms with van der Waals surface area (Å²) in [6.45, 7) is 0.494. The van der Waals surface area contributed by atoms with E-state index < -0.39 is 11.7 Å². The van der Waals surface area contributed by atoms with E-state index in [1.54, 1.807) is 6.07 Å². The molecule has 17 heavy (non-hydrogen) atoms. The second kappa shape index (κ2) is 4.35. The van der Waals surface area contributed by atoms with Crippen LogP contribution in [0.4, 0.5) is 18.9 Å². The van der Waals surface area contributed by atoms with Gasteiger partial charge in [0, 0.05) is 0 Å². The smallest absolute Gasteiger partial charge is 0.385 e. The summed E-state index contributed by atoms with van der Waals surface area (Å²) < 4.78 is 37.6. The fourth-order valence-electron chi connectivity index (χ4n) is 1.49. The van der Waals surface area contributed by atoms with Gasteiger partial charge in [0.15, 0.2) is 0 Å². The Bertz CT molecular complexity index is 458. The van der Waals surface area contributed by atoms with Gasteiger partial charge in [-0.25, -0.2) is 0 Å². The van der Waals surface area contributed by atoms with Crippen molar-refractivity contribution < 1.29 is 13.2 Å². The molecule has 0 amide bonds. The summed E-state index contributed by atoms with van der Waals surface area (Å²) in [5.41, 5.74) is 5.33. The highest BCUT2D eigenvalue weighted by atomic mass is 127. The van der Waals surface area contributed by atoms with Crippen molar-refractivity contribution in [3.05, 3.63) is 29.8 Å². The minimum absolute atomic E-state index is 0.0298. The monoisotopic (exact) mass is 355 g/mol. The van der Waals surface area contributed by atoms with Gasteiger partial charge in [-0.3, -0.25) is 5.01 Å². The topological polar surface area (TPSA) is 41.6 Å². The summed E-state index contributed by atoms with van der Waals surface area (Å²) in [6.07, 6.45) is -4.34. The van der Waals surface area contributed by atoms with Gasteiger partial charge in [-0.15, -0.1) is 0 Å². The lowest BCUT2D eigenvalue weighted by Gasteiger charge is -2.15. The van der Waals surface area contributed by atoms with Gasteiger partial charge in [-0.1, -0.05) is 28.7 Å². The molecule has 7 heteroatoms. The van der Waals surface area contributed by atoms with Crippen molar-refractivity contribution in [3.8, 4) is 0 Å². The molecule has 2 N–H and O–H groups in total. The quantitative estimate of drug-likeness (QED) is 0.622. The molecule has 3 nitrogen and oxygen atoms in total. The van der Waals surface area contributed by atoms with Gasteiger partial charge >= 0.3 is 6.18 Å². The number of hydrogen-bond donors (Lipinski definition) is 1. The second-order valence-corrected chi connectivity index (χ2v) is 5.13. The number of hydrazone groups is 1. The van der Waals surface area contributed by atoms with E-state index in [0.29, 0.717) is 18.1 Å². The van der Waals surface area contributed by atoms with Gasteiger partial charge in [0.25, 0.3) is 0 Å². The Labute approximate surface area is 110 Å². The number of anilines is 1. The van der Waals surface area contributed by atoms with Crippen molar-refractivity contribution in [1.82, 2.24) is 0 Å². The van der Waals surface area contributed by atoms with Crippen molar-refractivity contribution in [3.63, 3.8) is 0 Å². The summed E-state index contributed by atoms with van der Waals surface area (Å²) >= 11 is 2.11. The number of nitrogens with two attached hydrogens (primary N) is 1. The number of hydrogen-bond acceptors (Lipinski definition) is 3. The number of nitrogens with zero attached hydrogens (tertiary/aromatic N) is 2. The molecule has 1 aromatic rings. The summed E-state index contributed by atoms with van der Waals surface area (Å²) in [6, 6.07) is 5.06. The summed E-state index contributed by atoms with van der Waals surface area (Å²) in [5.74, 6) is 0.433. The molecule has 1 aliphatic rings. The highest BCUT2D eigenvalue weighted by Crippen LogP contribution is 2.32. The van der Waals surface area contributed by atoms with E-state index >= 15 is 0 Å². The first-order valence-corrected chi connectivity index (χ1v) is 6.05. The van der Waals surface area contributed by atoms with Gasteiger partial charge in [0.2, 0.25) is 0 Å². The predicted octanol–water partition coefficient (Wildman–Crippen LogP) is 2.60. The van der Waals surface area contributed by atoms with Crippen molar-refractivity contribution in [2.75, 3.05) is 11.6 Å². The molecule has 0 saturated heterocycles. The summed E-state index contributed by atoms with van der Waals surface area (Å²) in [5, 5.41) is 5.50. The van der Waals surface area contributed by atoms with Gasteiger partial charge in [-0.05, 0) is 18.2 Å². The highest BCUT2D eigenvalue weighted by molar-refractivity contribution is 14.1. The third-order valence-corrected chi connectivity index (χ3v) is 3.39. The lowest BCUT2D eigenvalue weighted by Crippen LogP contribution is -2.23. The first-order valence-electron chi connectivity index (χ1n) is 4.81. The van der Waals surface area contributed by atoms with Crippen LogP contribution in [0.5, 0.6) is 0 Å². The van der Waals surface area contributed by atoms with Crippen LogP contribution in [0.1, 0.15) is 5.56 Å². The number of rotatable bonds is 1. The van der Waals surface area contributed by atoms with Gasteiger partial charge in [0.1, 0.15) is 5.84 Å². The molecule has 1 heterocycles. The van der Waals surface area contributed by atoms with E-state index in [1.807, 2.05) is 0 Å². The Morgan fingerprint density at radius 1 is 1.41 bits per heavy atom. The van der Waals surface area contributed by atoms with Crippen LogP contribution in [0.3, 0.4) is 0 Å². The second-order valence-electron chi connectivity index (χ2n) is 3.62. The Balaban J connectivity index is 2.29. The maximum absolute atomic E-state index is 12.5. The molecular weight excluding hydrogens is 346 g/mol. The standard InChI is InChI=1S/C10H9F3IN3/c11-10(12,13)6-2-1-3-7(4-6)17-5-8(14)9(15)16-17/h1-4,8H,5H2,(H2,15,16). The summed E-state index contributed by atoms with van der Waals surface area (Å²) in [4.78, 5) is 0. The molecule has 0 fully saturated rings. The van der Waals surface area contributed by atoms with Gasteiger partial charge < -0.3 is 5.73 Å². The van der Waals surface area contributed by atoms with Crippen LogP contribution in [0, 0.1) is 0 Å². The highest BCUT2D eigenvalue weighted by Gasteiger charge is 2.31. The molecule has 1 aliphatic heterocycles. The van der Waals surface area contributed by atoms with Crippen LogP contribution >= 0.6 is 22.6 Å². The molecular formula is C10H9F3IN3. The van der Waals surface area contributed by atoms with Gasteiger partial charge in [0.05, 0.1) is 21.7 Å². The number of benzene rings is 1. The van der Waals surface area contributed by atoms with Crippen molar-refractivity contribution in [1.29, 1.82) is 0 Å². The van der Waals surface area contributed by atoms with Crippen LogP contribution in [0.2, 0.25) is 0 Å². The van der Waals surface area contributed by atoms with Crippen molar-refractivity contribution in [2.45, 2.75) is 10.1 Å². The van der Waals surface area contributed by atoms with E-state index in [1.165, 1.54) is 11.1 Å². The van der Waals surface area contributed by atoms with Crippen LogP contribution in [0.15, 0.2) is 29.4 Å². The number of alkyl halides is 4. The Morgan fingerprint density at radius 2 is 2.12 bits per heavy atom. The summed E-state index contributed by atoms with van der Waals surface area (Å²) in [7, 11) is 0. The SMILES string of the molecule is NC1=NN(c2cccc(C(F)(F)F)c2)CC1I. The molecule has 1 aromatic carbocycles. The van der Waals surface area contributed by atoms with Crippen LogP contribution < -0.4 is 10.7 Å². The molecule has 0 radical (unpaired) electrons. The first-order chi connectivity index (χ1) is 7.88. The molecule has 0 bridgehead atoms. The van der Waals surface area contributed by atoms with E-state index in [2.05, 4.69) is 27.7 Å². The average Bonchev–Trinajstić information content (AvgIpc) is 2.58. The Hall–Kier alpha value is -0.990. The predicted molar refractivity (Wildman–Crippen MR) is 68.2 cm³/mol. The zero-order valence-corrected chi connectivity index (χ0v) is 10.7. The Kier molecular flexibility index (Phi) is 3.19. The third-order valence-electron chi connectivity index (χ3n) is 2.36. The Morgan fingerprint density at radius 3 is 2.65 bits per heavy atom. The minimum atomic E-state index is -4.34. The average molecular weight is 355 g/mol. The van der Waals surface area contributed by atoms with Gasteiger partial charge in [-0.2, -0.15) is 18.3 Å². The lowest BCUT2D eigenvalue weighted by atomic mass is 10.2. The number of halogens is 4. The fraction of sp³-hybridized carbons (Fsp3) is 0.300. The molecule has 92 valence electrons. The van der Waals surface area contributed by atoms with Crippen LogP contribution in [-0.2, 0) is 6.18 Å². The fourth-order valence-corrected chi connectivity index (χ4v) is 1.99. The maximum atomic E-state index is 12.5. The molecule has 0 spiro atoms. The molecule has 1 atom stereocenters. The van der Waals surface area contributed by atoms with Crippen LogP contribution in [-0.4, -0.2) is 16.3 Å². The lowest BCUT2D eigenvalue weighted by molar-refractivity contribution is -0.137. The molecule has 0 saturated carbocycles. The van der Waals surface area contributed by atoms with E-state index in [4.69, 9.17) is 5.73 Å². The maximum Gasteiger partial charge on any atom is 0.416 e. The normalized spacial score (nSPS) is 20.6. The largest absolute Gasteiger partial charge is 0.416 e. The van der Waals surface area contributed by atoms with E-state index in [0.717, 1.165) is 12.1 Å². The molecule has 0 aliphatic carbocycles. The minimum Gasteiger partial charge on any atom is -0.385 e. The molecule has 2 rings (SSSR count). The molecule has 1 unspecified atom stereocenters.